The first-order chi connectivity index (χ1) is 8.08. The Morgan fingerprint density at radius 3 is 2.53 bits per heavy atom. The molecule has 0 radical (unpaired) electrons. The van der Waals surface area contributed by atoms with Gasteiger partial charge in [-0.25, -0.2) is 4.39 Å². The molecule has 0 spiro atoms. The lowest BCUT2D eigenvalue weighted by Crippen LogP contribution is -2.40. The molecule has 0 aromatic carbocycles. The van der Waals surface area contributed by atoms with E-state index in [2.05, 4.69) is 27.9 Å². The summed E-state index contributed by atoms with van der Waals surface area (Å²) in [6.45, 7) is 1.99. The van der Waals surface area contributed by atoms with Crippen molar-refractivity contribution in [2.24, 2.45) is 11.8 Å². The molecule has 1 aliphatic carbocycles. The van der Waals surface area contributed by atoms with Crippen molar-refractivity contribution in [2.45, 2.75) is 43.1 Å². The van der Waals surface area contributed by atoms with Crippen LogP contribution in [0.5, 0.6) is 0 Å². The van der Waals surface area contributed by atoms with Crippen molar-refractivity contribution in [3.63, 3.8) is 0 Å². The van der Waals surface area contributed by atoms with Crippen LogP contribution in [0.1, 0.15) is 32.1 Å². The number of carbonyl (C=O) groups excluding carboxylic acids is 1. The third-order valence-corrected chi connectivity index (χ3v) is 5.28. The Morgan fingerprint density at radius 2 is 1.88 bits per heavy atom. The highest BCUT2D eigenvalue weighted by Gasteiger charge is 2.37. The molecule has 0 aromatic heterocycles. The van der Waals surface area contributed by atoms with E-state index in [0.717, 1.165) is 32.4 Å². The second kappa shape index (κ2) is 5.79. The SMILES string of the molecule is CN1CCC(C(=O)C2CC(F)CCC2Br)CC1. The number of nitrogens with zero attached hydrogens (tertiary/aromatic N) is 1. The predicted molar refractivity (Wildman–Crippen MR) is 70.2 cm³/mol. The quantitative estimate of drug-likeness (QED) is 0.731. The lowest BCUT2D eigenvalue weighted by Gasteiger charge is -2.34. The van der Waals surface area contributed by atoms with Crippen LogP contribution in [0.2, 0.25) is 0 Å². The summed E-state index contributed by atoms with van der Waals surface area (Å²) in [4.78, 5) is 14.9. The van der Waals surface area contributed by atoms with Crippen LogP contribution in [0.25, 0.3) is 0 Å². The van der Waals surface area contributed by atoms with Gasteiger partial charge in [0.25, 0.3) is 0 Å². The number of likely N-dealkylation sites (tertiary alicyclic amines) is 1. The molecule has 3 atom stereocenters. The number of hydrogen-bond acceptors (Lipinski definition) is 2. The standard InChI is InChI=1S/C13H21BrFNO/c1-16-6-4-9(5-7-16)13(17)11-8-10(15)2-3-12(11)14/h9-12H,2-8H2,1H3. The van der Waals surface area contributed by atoms with Crippen molar-refractivity contribution in [3.8, 4) is 0 Å². The molecule has 3 unspecified atom stereocenters. The molecule has 0 bridgehead atoms. The highest BCUT2D eigenvalue weighted by molar-refractivity contribution is 9.09. The first kappa shape index (κ1) is 13.5. The molecule has 0 aromatic rings. The van der Waals surface area contributed by atoms with Gasteiger partial charge in [0.05, 0.1) is 0 Å². The van der Waals surface area contributed by atoms with Crippen LogP contribution in [0.15, 0.2) is 0 Å². The fourth-order valence-electron chi connectivity index (χ4n) is 2.97. The maximum Gasteiger partial charge on any atom is 0.140 e. The number of piperidine rings is 1. The van der Waals surface area contributed by atoms with Crippen molar-refractivity contribution >= 4 is 21.7 Å². The van der Waals surface area contributed by atoms with Gasteiger partial charge in [-0.2, -0.15) is 0 Å². The monoisotopic (exact) mass is 305 g/mol. The summed E-state index contributed by atoms with van der Waals surface area (Å²) in [6.07, 6.45) is 2.95. The molecule has 1 saturated carbocycles. The summed E-state index contributed by atoms with van der Waals surface area (Å²) >= 11 is 3.56. The van der Waals surface area contributed by atoms with Crippen LogP contribution < -0.4 is 0 Å². The Hall–Kier alpha value is 0.0400. The van der Waals surface area contributed by atoms with Gasteiger partial charge < -0.3 is 4.90 Å². The maximum atomic E-state index is 13.4. The summed E-state index contributed by atoms with van der Waals surface area (Å²) < 4.78 is 13.4. The zero-order valence-electron chi connectivity index (χ0n) is 10.4. The molecule has 0 amide bonds. The second-order valence-corrected chi connectivity index (χ2v) is 6.69. The van der Waals surface area contributed by atoms with E-state index in [0.29, 0.717) is 18.6 Å². The molecule has 2 rings (SSSR count). The smallest absolute Gasteiger partial charge is 0.140 e. The van der Waals surface area contributed by atoms with Gasteiger partial charge in [0, 0.05) is 16.7 Å². The Balaban J connectivity index is 1.94. The number of halogens is 2. The zero-order chi connectivity index (χ0) is 12.4. The van der Waals surface area contributed by atoms with Crippen LogP contribution >= 0.6 is 15.9 Å². The van der Waals surface area contributed by atoms with Crippen molar-refractivity contribution in [3.05, 3.63) is 0 Å². The Kier molecular flexibility index (Phi) is 4.59. The van der Waals surface area contributed by atoms with E-state index in [1.54, 1.807) is 0 Å². The molecule has 1 saturated heterocycles. The van der Waals surface area contributed by atoms with Crippen LogP contribution in [-0.4, -0.2) is 41.8 Å². The topological polar surface area (TPSA) is 20.3 Å². The number of ketones is 1. The lowest BCUT2D eigenvalue weighted by molar-refractivity contribution is -0.129. The van der Waals surface area contributed by atoms with Crippen molar-refractivity contribution in [2.75, 3.05) is 20.1 Å². The Morgan fingerprint density at radius 1 is 1.24 bits per heavy atom. The molecule has 2 aliphatic rings. The normalized spacial score (nSPS) is 37.0. The summed E-state index contributed by atoms with van der Waals surface area (Å²) in [5, 5.41) is 0. The minimum absolute atomic E-state index is 0.0906. The van der Waals surface area contributed by atoms with Gasteiger partial charge in [-0.1, -0.05) is 15.9 Å². The van der Waals surface area contributed by atoms with E-state index in [9.17, 15) is 9.18 Å². The molecule has 2 fully saturated rings. The van der Waals surface area contributed by atoms with Gasteiger partial charge in [0.2, 0.25) is 0 Å². The van der Waals surface area contributed by atoms with Gasteiger partial charge >= 0.3 is 0 Å². The van der Waals surface area contributed by atoms with Gasteiger partial charge in [-0.3, -0.25) is 4.79 Å². The van der Waals surface area contributed by atoms with Crippen LogP contribution in [0.4, 0.5) is 4.39 Å². The highest BCUT2D eigenvalue weighted by atomic mass is 79.9. The van der Waals surface area contributed by atoms with E-state index < -0.39 is 6.17 Å². The third-order valence-electron chi connectivity index (χ3n) is 4.19. The van der Waals surface area contributed by atoms with Gasteiger partial charge in [-0.05, 0) is 52.2 Å². The molecule has 2 nitrogen and oxygen atoms in total. The van der Waals surface area contributed by atoms with Gasteiger partial charge in [0.1, 0.15) is 12.0 Å². The third kappa shape index (κ3) is 3.28. The minimum atomic E-state index is -0.774. The van der Waals surface area contributed by atoms with Crippen molar-refractivity contribution < 1.29 is 9.18 Å². The van der Waals surface area contributed by atoms with E-state index in [1.165, 1.54) is 0 Å². The number of Topliss-reactive ketones (excluding diaryl/α,β-unsaturated/α-hetero) is 1. The highest BCUT2D eigenvalue weighted by Crippen LogP contribution is 2.35. The molecule has 1 aliphatic heterocycles. The van der Waals surface area contributed by atoms with Crippen LogP contribution in [0, 0.1) is 11.8 Å². The second-order valence-electron chi connectivity index (χ2n) is 5.51. The molecular weight excluding hydrogens is 285 g/mol. The molecule has 0 N–H and O–H groups in total. The van der Waals surface area contributed by atoms with Gasteiger partial charge in [0.15, 0.2) is 0 Å². The van der Waals surface area contributed by atoms with Crippen LogP contribution in [-0.2, 0) is 4.79 Å². The van der Waals surface area contributed by atoms with E-state index >= 15 is 0 Å². The van der Waals surface area contributed by atoms with Crippen LogP contribution in [0.3, 0.4) is 0 Å². The first-order valence-corrected chi connectivity index (χ1v) is 7.50. The zero-order valence-corrected chi connectivity index (χ0v) is 12.0. The number of hydrogen-bond donors (Lipinski definition) is 0. The first-order valence-electron chi connectivity index (χ1n) is 6.58. The Labute approximate surface area is 111 Å². The molecule has 4 heteroatoms. The van der Waals surface area contributed by atoms with E-state index in [-0.39, 0.29) is 16.7 Å². The lowest BCUT2D eigenvalue weighted by atomic mass is 9.78. The van der Waals surface area contributed by atoms with E-state index in [4.69, 9.17) is 0 Å². The summed E-state index contributed by atoms with van der Waals surface area (Å²) in [7, 11) is 2.09. The minimum Gasteiger partial charge on any atom is -0.306 e. The van der Waals surface area contributed by atoms with Crippen molar-refractivity contribution in [1.82, 2.24) is 4.90 Å². The fourth-order valence-corrected chi connectivity index (χ4v) is 3.71. The largest absolute Gasteiger partial charge is 0.306 e. The molecule has 1 heterocycles. The summed E-state index contributed by atoms with van der Waals surface area (Å²) in [5.41, 5.74) is 0. The predicted octanol–water partition coefficient (Wildman–Crippen LogP) is 2.80. The van der Waals surface area contributed by atoms with Crippen molar-refractivity contribution in [1.29, 1.82) is 0 Å². The summed E-state index contributed by atoms with van der Waals surface area (Å²) in [5.74, 6) is 0.385. The van der Waals surface area contributed by atoms with Gasteiger partial charge in [-0.15, -0.1) is 0 Å². The number of carbonyl (C=O) groups is 1. The number of rotatable bonds is 2. The fraction of sp³-hybridized carbons (Fsp3) is 0.923. The average Bonchev–Trinajstić information content (AvgIpc) is 2.32. The molecule has 17 heavy (non-hydrogen) atoms. The molecule has 98 valence electrons. The molecular formula is C13H21BrFNO. The summed E-state index contributed by atoms with van der Waals surface area (Å²) in [6, 6.07) is 0. The average molecular weight is 306 g/mol. The number of alkyl halides is 2. The Bertz CT molecular complexity index is 279. The van der Waals surface area contributed by atoms with E-state index in [1.807, 2.05) is 0 Å². The maximum absolute atomic E-state index is 13.4.